The van der Waals surface area contributed by atoms with Gasteiger partial charge in [0.2, 0.25) is 0 Å². The predicted octanol–water partition coefficient (Wildman–Crippen LogP) is 3.92. The molecule has 1 aromatic heterocycles. The van der Waals surface area contributed by atoms with Gasteiger partial charge in [0, 0.05) is 36.1 Å². The number of ether oxygens (including phenoxy) is 1. The Morgan fingerprint density at radius 1 is 1.12 bits per heavy atom. The number of hydrogen-bond acceptors (Lipinski definition) is 4. The summed E-state index contributed by atoms with van der Waals surface area (Å²) in [5, 5.41) is 8.78. The number of carbonyl (C=O) groups excluding carboxylic acids is 1. The van der Waals surface area contributed by atoms with Crippen LogP contribution in [0.3, 0.4) is 0 Å². The van der Waals surface area contributed by atoms with E-state index in [1.54, 1.807) is 0 Å². The molecule has 6 nitrogen and oxygen atoms in total. The van der Waals surface area contributed by atoms with Gasteiger partial charge >= 0.3 is 0 Å². The van der Waals surface area contributed by atoms with Gasteiger partial charge in [0.15, 0.2) is 5.69 Å². The van der Waals surface area contributed by atoms with Gasteiger partial charge in [-0.3, -0.25) is 14.4 Å². The van der Waals surface area contributed by atoms with Crippen LogP contribution in [-0.2, 0) is 11.3 Å². The Morgan fingerprint density at radius 2 is 1.81 bits per heavy atom. The zero-order valence-corrected chi connectivity index (χ0v) is 18.5. The van der Waals surface area contributed by atoms with Crippen LogP contribution in [0.4, 0.5) is 4.39 Å². The summed E-state index contributed by atoms with van der Waals surface area (Å²) in [4.78, 5) is 15.7. The van der Waals surface area contributed by atoms with Crippen LogP contribution in [0, 0.1) is 5.82 Å². The van der Waals surface area contributed by atoms with E-state index < -0.39 is 0 Å². The first-order valence-corrected chi connectivity index (χ1v) is 11.4. The highest BCUT2D eigenvalue weighted by Gasteiger charge is 2.39. The largest absolute Gasteiger partial charge is 0.378 e. The number of rotatable bonds is 5. The lowest BCUT2D eigenvalue weighted by Crippen LogP contribution is -2.60. The van der Waals surface area contributed by atoms with Crippen LogP contribution in [0.1, 0.15) is 48.8 Å². The van der Waals surface area contributed by atoms with Gasteiger partial charge in [0.25, 0.3) is 5.91 Å². The van der Waals surface area contributed by atoms with E-state index in [4.69, 9.17) is 4.74 Å². The smallest absolute Gasteiger partial charge is 0.272 e. The van der Waals surface area contributed by atoms with Crippen LogP contribution >= 0.6 is 0 Å². The lowest BCUT2D eigenvalue weighted by atomic mass is 9.89. The van der Waals surface area contributed by atoms with Crippen molar-refractivity contribution in [2.75, 3.05) is 13.2 Å². The number of nitrogens with one attached hydrogen (secondary N) is 1. The van der Waals surface area contributed by atoms with E-state index in [9.17, 15) is 9.18 Å². The third-order valence-corrected chi connectivity index (χ3v) is 6.60. The molecule has 1 unspecified atom stereocenters. The summed E-state index contributed by atoms with van der Waals surface area (Å²) in [6.45, 7) is 6.20. The Balaban J connectivity index is 1.31. The number of carbonyl (C=O) groups is 1. The number of amides is 1. The molecule has 3 heterocycles. The van der Waals surface area contributed by atoms with Crippen molar-refractivity contribution in [3.8, 4) is 0 Å². The van der Waals surface area contributed by atoms with Gasteiger partial charge in [-0.05, 0) is 50.5 Å². The maximum Gasteiger partial charge on any atom is 0.272 e. The molecule has 2 aromatic carbocycles. The van der Waals surface area contributed by atoms with E-state index in [1.807, 2.05) is 41.1 Å². The van der Waals surface area contributed by atoms with E-state index in [0.717, 1.165) is 35.9 Å². The van der Waals surface area contributed by atoms with Crippen LogP contribution in [0.25, 0.3) is 10.9 Å². The number of hydrogen-bond donors (Lipinski definition) is 1. The first-order chi connectivity index (χ1) is 15.5. The fourth-order valence-electron chi connectivity index (χ4n) is 5.07. The fourth-order valence-corrected chi connectivity index (χ4v) is 5.07. The summed E-state index contributed by atoms with van der Waals surface area (Å²) >= 11 is 0. The van der Waals surface area contributed by atoms with Crippen LogP contribution in [0.15, 0.2) is 48.5 Å². The molecular weight excluding hydrogens is 407 g/mol. The lowest BCUT2D eigenvalue weighted by Gasteiger charge is -2.48. The molecular formula is C25H29FN4O2. The summed E-state index contributed by atoms with van der Waals surface area (Å²) in [6.07, 6.45) is 1.65. The van der Waals surface area contributed by atoms with E-state index in [0.29, 0.717) is 18.9 Å². The average Bonchev–Trinajstić information content (AvgIpc) is 3.16. The number of halogens is 1. The second kappa shape index (κ2) is 8.64. The maximum absolute atomic E-state index is 13.3. The highest BCUT2D eigenvalue weighted by Crippen LogP contribution is 2.30. The Labute approximate surface area is 187 Å². The standard InChI is InChI=1S/C25H29FN4O2/c1-16(2)30-23-6-4-3-5-22(23)24(28-30)25(31)27-19-11-20-14-32-15-21(12-19)29(20)13-17-7-9-18(26)10-8-17/h3-10,16,19-21H,11-15H2,1-2H3,(H,27,31)/t19?,20-,21+. The molecule has 168 valence electrons. The summed E-state index contributed by atoms with van der Waals surface area (Å²) < 4.78 is 21.0. The Morgan fingerprint density at radius 3 is 2.50 bits per heavy atom. The van der Waals surface area contributed by atoms with E-state index in [-0.39, 0.29) is 35.9 Å². The normalized spacial score (nSPS) is 23.6. The van der Waals surface area contributed by atoms with Gasteiger partial charge in [-0.15, -0.1) is 0 Å². The molecule has 1 N–H and O–H groups in total. The molecule has 2 aliphatic heterocycles. The van der Waals surface area contributed by atoms with Crippen molar-refractivity contribution in [1.82, 2.24) is 20.0 Å². The summed E-state index contributed by atoms with van der Waals surface area (Å²) in [7, 11) is 0. The predicted molar refractivity (Wildman–Crippen MR) is 121 cm³/mol. The number of aromatic nitrogens is 2. The minimum atomic E-state index is -0.217. The molecule has 2 saturated heterocycles. The molecule has 0 radical (unpaired) electrons. The molecule has 0 aliphatic carbocycles. The maximum atomic E-state index is 13.3. The van der Waals surface area contributed by atoms with Gasteiger partial charge < -0.3 is 10.1 Å². The summed E-state index contributed by atoms with van der Waals surface area (Å²) in [6, 6.07) is 15.3. The average molecular weight is 437 g/mol. The lowest BCUT2D eigenvalue weighted by molar-refractivity contribution is -0.0843. The number of nitrogens with zero attached hydrogens (tertiary/aromatic N) is 3. The molecule has 7 heteroatoms. The highest BCUT2D eigenvalue weighted by atomic mass is 19.1. The monoisotopic (exact) mass is 436 g/mol. The third-order valence-electron chi connectivity index (χ3n) is 6.60. The number of piperidine rings is 1. The van der Waals surface area contributed by atoms with Gasteiger partial charge in [-0.2, -0.15) is 5.10 Å². The molecule has 2 fully saturated rings. The molecule has 32 heavy (non-hydrogen) atoms. The Kier molecular flexibility index (Phi) is 5.69. The number of fused-ring (bicyclic) bond motifs is 3. The molecule has 0 spiro atoms. The second-order valence-electron chi connectivity index (χ2n) is 9.19. The quantitative estimate of drug-likeness (QED) is 0.659. The van der Waals surface area contributed by atoms with Crippen molar-refractivity contribution in [2.24, 2.45) is 0 Å². The number of benzene rings is 2. The topological polar surface area (TPSA) is 59.4 Å². The first-order valence-electron chi connectivity index (χ1n) is 11.4. The molecule has 0 saturated carbocycles. The Bertz CT molecular complexity index is 1100. The molecule has 2 aliphatic rings. The SMILES string of the molecule is CC(C)n1nc(C(=O)NC2C[C@H]3COC[C@@H](C2)N3Cc2ccc(F)cc2)c2ccccc21. The molecule has 3 aromatic rings. The van der Waals surface area contributed by atoms with Crippen LogP contribution in [0.2, 0.25) is 0 Å². The minimum Gasteiger partial charge on any atom is -0.378 e. The van der Waals surface area contributed by atoms with Crippen molar-refractivity contribution >= 4 is 16.8 Å². The van der Waals surface area contributed by atoms with Crippen molar-refractivity contribution in [3.05, 3.63) is 65.6 Å². The minimum absolute atomic E-state index is 0.0776. The summed E-state index contributed by atoms with van der Waals surface area (Å²) in [5.41, 5.74) is 2.56. The van der Waals surface area contributed by atoms with Crippen molar-refractivity contribution < 1.29 is 13.9 Å². The van der Waals surface area contributed by atoms with E-state index in [2.05, 4.69) is 29.2 Å². The molecule has 3 atom stereocenters. The molecule has 2 bridgehead atoms. The third kappa shape index (κ3) is 4.02. The fraction of sp³-hybridized carbons (Fsp3) is 0.440. The zero-order valence-electron chi connectivity index (χ0n) is 18.5. The number of morpholine rings is 1. The number of para-hydroxylation sites is 1. The van der Waals surface area contributed by atoms with Gasteiger partial charge in [-0.25, -0.2) is 4.39 Å². The highest BCUT2D eigenvalue weighted by molar-refractivity contribution is 6.05. The van der Waals surface area contributed by atoms with Gasteiger partial charge in [0.1, 0.15) is 5.82 Å². The van der Waals surface area contributed by atoms with Crippen LogP contribution < -0.4 is 5.32 Å². The second-order valence-corrected chi connectivity index (χ2v) is 9.19. The Hall–Kier alpha value is -2.77. The van der Waals surface area contributed by atoms with Crippen molar-refractivity contribution in [1.29, 1.82) is 0 Å². The molecule has 5 rings (SSSR count). The van der Waals surface area contributed by atoms with Crippen molar-refractivity contribution in [3.63, 3.8) is 0 Å². The van der Waals surface area contributed by atoms with Gasteiger partial charge in [-0.1, -0.05) is 30.3 Å². The van der Waals surface area contributed by atoms with E-state index >= 15 is 0 Å². The molecule has 1 amide bonds. The van der Waals surface area contributed by atoms with Gasteiger partial charge in [0.05, 0.1) is 18.7 Å². The van der Waals surface area contributed by atoms with Crippen molar-refractivity contribution in [2.45, 2.75) is 57.4 Å². The first kappa shape index (κ1) is 21.1. The zero-order chi connectivity index (χ0) is 22.2. The summed E-state index contributed by atoms with van der Waals surface area (Å²) in [5.74, 6) is -0.331. The van der Waals surface area contributed by atoms with Crippen LogP contribution in [0.5, 0.6) is 0 Å². The van der Waals surface area contributed by atoms with E-state index in [1.165, 1.54) is 12.1 Å². The van der Waals surface area contributed by atoms with Crippen LogP contribution in [-0.4, -0.2) is 51.9 Å².